The van der Waals surface area contributed by atoms with Gasteiger partial charge >= 0.3 is 0 Å². The number of hydrogen-bond donors (Lipinski definition) is 4. The highest BCUT2D eigenvalue weighted by Crippen LogP contribution is 2.50. The Morgan fingerprint density at radius 1 is 0.441 bits per heavy atom. The molecule has 0 bridgehead atoms. The minimum absolute atomic E-state index is 0.0277. The first-order chi connectivity index (χ1) is 64.7. The Labute approximate surface area is 820 Å². The summed E-state index contributed by atoms with van der Waals surface area (Å²) in [6, 6.07) is 26.3. The molecular formula is C102H112Cl6N22O6. The van der Waals surface area contributed by atoms with Crippen LogP contribution in [0, 0.1) is 20.8 Å². The number of hydrogen-bond acceptors (Lipinski definition) is 22. The fraction of sp³-hybridized carbons (Fsp3) is 0.353. The number of rotatable bonds is 16. The second-order valence-electron chi connectivity index (χ2n) is 37.3. The molecule has 6 aliphatic rings. The van der Waals surface area contributed by atoms with Gasteiger partial charge < -0.3 is 66.6 Å². The number of aryl methyl sites for hydroxylation is 3. The maximum absolute atomic E-state index is 15.4. The van der Waals surface area contributed by atoms with Crippen LogP contribution >= 0.6 is 69.6 Å². The van der Waals surface area contributed by atoms with Gasteiger partial charge in [-0.15, -0.1) is 0 Å². The van der Waals surface area contributed by atoms with Crippen molar-refractivity contribution in [2.24, 2.45) is 0 Å². The molecule has 34 heteroatoms. The van der Waals surface area contributed by atoms with Crippen LogP contribution in [0.2, 0.25) is 30.1 Å². The topological polar surface area (TPSA) is 314 Å². The van der Waals surface area contributed by atoms with E-state index in [0.717, 1.165) is 74.6 Å². The molecule has 18 rings (SSSR count). The van der Waals surface area contributed by atoms with Gasteiger partial charge in [-0.05, 0) is 212 Å². The lowest BCUT2D eigenvalue weighted by molar-refractivity contribution is -0.129. The first kappa shape index (κ1) is 96.8. The van der Waals surface area contributed by atoms with E-state index in [-0.39, 0.29) is 88.4 Å². The number of nitrogens with one attached hydrogen (secondary N) is 1. The third-order valence-electron chi connectivity index (χ3n) is 26.6. The molecule has 3 aromatic carbocycles. The van der Waals surface area contributed by atoms with Crippen molar-refractivity contribution >= 4 is 172 Å². The van der Waals surface area contributed by atoms with Gasteiger partial charge in [0.1, 0.15) is 34.0 Å². The largest absolute Gasteiger partial charge is 0.399 e. The van der Waals surface area contributed by atoms with E-state index in [1.54, 1.807) is 86.9 Å². The molecule has 0 radical (unpaired) electrons. The maximum Gasteiger partial charge on any atom is 0.282 e. The van der Waals surface area contributed by atoms with Crippen LogP contribution in [-0.4, -0.2) is 210 Å². The third-order valence-corrected chi connectivity index (χ3v) is 28.5. The van der Waals surface area contributed by atoms with Gasteiger partial charge in [0, 0.05) is 159 Å². The molecule has 7 N–H and O–H groups in total. The predicted octanol–water partition coefficient (Wildman–Crippen LogP) is 17.7. The molecule has 136 heavy (non-hydrogen) atoms. The molecule has 6 unspecified atom stereocenters. The summed E-state index contributed by atoms with van der Waals surface area (Å²) < 4.78 is 5.07. The number of anilines is 9. The van der Waals surface area contributed by atoms with E-state index in [4.69, 9.17) is 112 Å². The van der Waals surface area contributed by atoms with Crippen molar-refractivity contribution < 1.29 is 14.4 Å². The van der Waals surface area contributed by atoms with Gasteiger partial charge in [0.05, 0.1) is 117 Å². The number of fused-ring (bicyclic) bond motifs is 15. The monoisotopic (exact) mass is 1950 g/mol. The highest BCUT2D eigenvalue weighted by molar-refractivity contribution is 6.39. The highest BCUT2D eigenvalue weighted by atomic mass is 35.5. The average Bonchev–Trinajstić information content (AvgIpc) is 0.716. The minimum Gasteiger partial charge on any atom is -0.399 e. The first-order valence-corrected chi connectivity index (χ1v) is 47.9. The lowest BCUT2D eigenvalue weighted by atomic mass is 9.98. The van der Waals surface area contributed by atoms with Gasteiger partial charge in [0.15, 0.2) is 0 Å². The molecule has 12 aromatic rings. The standard InChI is InChI=1S/C37H44Cl2N8O2.C33H35Cl2N7O2.C32H33Cl2N7O2/c1-8-30(48)45-20-25-19-44(15-9-14-43(6)7)35-34(46(25)18-23(45)5)27-17-29(39)32(26-16-24(40)10-11-28(26)38)42-36(27)47(37(35)49)33-22(4)12-13-41-31(33)21(2)3;1-7-26(43)40-16-21-15-39(6)31-30(41(21)14-19(40)5)23-13-25(35)28(22-12-20(36)8-9-24(22)34)38-32(23)42(33(31)44)29-18(4)10-11-37-27(29)17(2)3;1-6-25(42)39-15-20-13-37-28-30(40(20)14-18(39)5)22-12-24(34)27(21-11-19(35)7-8-23(21)33)38-31(22)41(32(28)43)29-17(4)9-10-36-26(29)16(2)3/h8,10-13,16-17,21,23,25H,1,9,14-15,18-20,40H2,2-7H3;7-13,17,19,21H,1,14-16,36H2,2-6H3;6-12,16,18,20,37H,1,13-15,35H2,2-5H3. The van der Waals surface area contributed by atoms with Gasteiger partial charge in [-0.25, -0.2) is 15.0 Å². The van der Waals surface area contributed by atoms with E-state index in [1.807, 2.05) is 133 Å². The van der Waals surface area contributed by atoms with E-state index >= 15 is 4.79 Å². The lowest BCUT2D eigenvalue weighted by Gasteiger charge is -2.52. The van der Waals surface area contributed by atoms with Gasteiger partial charge in [0.25, 0.3) is 16.7 Å². The summed E-state index contributed by atoms with van der Waals surface area (Å²) in [4.78, 5) is 131. The van der Waals surface area contributed by atoms with Crippen LogP contribution in [0.3, 0.4) is 0 Å². The number of nitrogen functional groups attached to an aromatic ring is 3. The zero-order valence-corrected chi connectivity index (χ0v) is 83.5. The van der Waals surface area contributed by atoms with Crippen LogP contribution in [0.5, 0.6) is 0 Å². The molecule has 28 nitrogen and oxygen atoms in total. The number of nitrogens with two attached hydrogens (primary N) is 3. The van der Waals surface area contributed by atoms with E-state index < -0.39 is 0 Å². The highest BCUT2D eigenvalue weighted by Gasteiger charge is 2.46. The predicted molar refractivity (Wildman–Crippen MR) is 556 cm³/mol. The average molecular weight is 1950 g/mol. The van der Waals surface area contributed by atoms with Gasteiger partial charge in [-0.3, -0.25) is 57.4 Å². The van der Waals surface area contributed by atoms with E-state index in [9.17, 15) is 24.0 Å². The number of benzene rings is 3. The summed E-state index contributed by atoms with van der Waals surface area (Å²) in [7, 11) is 6.01. The fourth-order valence-electron chi connectivity index (χ4n) is 20.1. The quantitative estimate of drug-likeness (QED) is 0.0516. The normalized spacial score (nSPS) is 17.8. The number of carbonyl (C=O) groups excluding carboxylic acids is 3. The van der Waals surface area contributed by atoms with Crippen LogP contribution in [0.15, 0.2) is 162 Å². The summed E-state index contributed by atoms with van der Waals surface area (Å²) in [5, 5.41) is 8.02. The van der Waals surface area contributed by atoms with E-state index in [1.165, 1.54) is 18.2 Å². The Balaban J connectivity index is 0.000000148. The second-order valence-corrected chi connectivity index (χ2v) is 39.7. The van der Waals surface area contributed by atoms with Crippen LogP contribution in [-0.2, 0) is 14.4 Å². The molecule has 15 heterocycles. The van der Waals surface area contributed by atoms with Crippen molar-refractivity contribution in [3.05, 3.63) is 243 Å². The number of nitrogens with zero attached hydrogens (tertiary/aromatic N) is 18. The SMILES string of the molecule is C=CC(=O)N1CC2CN(C)c3c(c4cc(Cl)c(-c5cc(N)ccc5Cl)nc4n(-c4c(C)ccnc4C(C)C)c3=O)N2CC1C.C=CC(=O)N1CC2CN(CCCN(C)C)c3c(c4cc(Cl)c(-c5cc(N)ccc5Cl)nc4n(-c4c(C)ccnc4C(C)C)c3=O)N2CC1C.C=CC(=O)N1CC2CNc3c(c4cc(Cl)c(-c5cc(N)ccc5Cl)nc4n(-c4c(C)ccnc4C(C)C)c3=O)N2CC1C. The zero-order chi connectivity index (χ0) is 97.7. The van der Waals surface area contributed by atoms with Gasteiger partial charge in [-0.1, -0.05) is 131 Å². The molecule has 0 aliphatic carbocycles. The number of amides is 3. The Morgan fingerprint density at radius 3 is 1.15 bits per heavy atom. The fourth-order valence-corrected chi connectivity index (χ4v) is 21.5. The minimum atomic E-state index is -0.240. The number of likely N-dealkylation sites (N-methyl/N-ethyl adjacent to an activating group) is 1. The van der Waals surface area contributed by atoms with Crippen molar-refractivity contribution in [2.45, 2.75) is 144 Å². The van der Waals surface area contributed by atoms with Crippen molar-refractivity contribution in [2.75, 3.05) is 140 Å². The Bertz CT molecular complexity index is 7100. The maximum atomic E-state index is 15.4. The molecule has 9 aromatic heterocycles. The summed E-state index contributed by atoms with van der Waals surface area (Å²) in [6.07, 6.45) is 10.2. The van der Waals surface area contributed by atoms with Crippen LogP contribution in [0.25, 0.3) is 83.9 Å². The number of piperazine rings is 3. The van der Waals surface area contributed by atoms with Crippen LogP contribution in [0.1, 0.15) is 120 Å². The Morgan fingerprint density at radius 2 is 0.779 bits per heavy atom. The first-order valence-electron chi connectivity index (χ1n) is 45.6. The third kappa shape index (κ3) is 17.6. The number of pyridine rings is 9. The summed E-state index contributed by atoms with van der Waals surface area (Å²) >= 11 is 41.1. The molecule has 6 aliphatic heterocycles. The van der Waals surface area contributed by atoms with Crippen LogP contribution < -0.4 is 63.7 Å². The van der Waals surface area contributed by atoms with Crippen molar-refractivity contribution in [3.8, 4) is 50.8 Å². The molecule has 3 fully saturated rings. The Kier molecular flexibility index (Phi) is 27.6. The number of aromatic nitrogens is 9. The van der Waals surface area contributed by atoms with Gasteiger partial charge in [0.2, 0.25) is 17.7 Å². The molecule has 6 atom stereocenters. The Hall–Kier alpha value is -12.3. The zero-order valence-electron chi connectivity index (χ0n) is 78.9. The molecular weight excluding hydrogens is 1840 g/mol. The number of carbonyl (C=O) groups is 3. The smallest absolute Gasteiger partial charge is 0.282 e. The molecule has 0 saturated carbocycles. The molecule has 3 saturated heterocycles. The second kappa shape index (κ2) is 38.7. The van der Waals surface area contributed by atoms with Gasteiger partial charge in [-0.2, -0.15) is 0 Å². The van der Waals surface area contributed by atoms with Crippen molar-refractivity contribution in [1.82, 2.24) is 63.2 Å². The van der Waals surface area contributed by atoms with Crippen molar-refractivity contribution in [1.29, 1.82) is 0 Å². The summed E-state index contributed by atoms with van der Waals surface area (Å²) in [5.41, 5.74) is 34.7. The summed E-state index contributed by atoms with van der Waals surface area (Å²) in [6.45, 7) is 41.7. The lowest BCUT2D eigenvalue weighted by Crippen LogP contribution is -2.64. The van der Waals surface area contributed by atoms with E-state index in [2.05, 4.69) is 82.2 Å². The summed E-state index contributed by atoms with van der Waals surface area (Å²) in [5.74, 6) is -0.209. The molecule has 708 valence electrons. The molecule has 0 spiro atoms. The van der Waals surface area contributed by atoms with Crippen LogP contribution in [0.4, 0.5) is 51.2 Å². The molecule has 3 amide bonds. The van der Waals surface area contributed by atoms with Crippen molar-refractivity contribution in [3.63, 3.8) is 0 Å². The van der Waals surface area contributed by atoms with E-state index in [0.29, 0.717) is 203 Å². The number of halogens is 6.